The Morgan fingerprint density at radius 3 is 2.44 bits per heavy atom. The van der Waals surface area contributed by atoms with E-state index in [4.69, 9.17) is 0 Å². The van der Waals surface area contributed by atoms with E-state index in [0.717, 1.165) is 0 Å². The van der Waals surface area contributed by atoms with Crippen molar-refractivity contribution in [2.75, 3.05) is 18.4 Å². The van der Waals surface area contributed by atoms with Gasteiger partial charge in [0.25, 0.3) is 17.6 Å². The molecule has 178 valence electrons. The molecule has 2 N–H and O–H groups in total. The van der Waals surface area contributed by atoms with Crippen molar-refractivity contribution in [3.63, 3.8) is 0 Å². The van der Waals surface area contributed by atoms with Crippen LogP contribution in [0.1, 0.15) is 33.6 Å². The Morgan fingerprint density at radius 1 is 1.09 bits per heavy atom. The van der Waals surface area contributed by atoms with Crippen molar-refractivity contribution in [2.45, 2.75) is 29.5 Å². The predicted molar refractivity (Wildman–Crippen MR) is 128 cm³/mol. The third kappa shape index (κ3) is 5.93. The van der Waals surface area contributed by atoms with Crippen LogP contribution in [0.25, 0.3) is 0 Å². The summed E-state index contributed by atoms with van der Waals surface area (Å²) < 4.78 is 26.6. The molecular formula is C24H25F2N5O2S. The lowest BCUT2D eigenvalue weighted by atomic mass is 10.0. The lowest BCUT2D eigenvalue weighted by Crippen LogP contribution is -2.46. The van der Waals surface area contributed by atoms with Gasteiger partial charge in [0.15, 0.2) is 0 Å². The SMILES string of the molecule is Cn1cc(C(=O)NC2CCN(C(=O)c3ccccc3Nc3ccc(SC(F)F)cc3)CC2)cn1. The van der Waals surface area contributed by atoms with E-state index in [1.165, 1.54) is 6.20 Å². The van der Waals surface area contributed by atoms with Gasteiger partial charge in [0, 0.05) is 43.0 Å². The van der Waals surface area contributed by atoms with E-state index in [2.05, 4.69) is 15.7 Å². The number of piperidine rings is 1. The largest absolute Gasteiger partial charge is 0.355 e. The Balaban J connectivity index is 1.36. The van der Waals surface area contributed by atoms with Crippen LogP contribution in [0.15, 0.2) is 65.8 Å². The van der Waals surface area contributed by atoms with Crippen molar-refractivity contribution in [2.24, 2.45) is 7.05 Å². The highest BCUT2D eigenvalue weighted by Gasteiger charge is 2.26. The molecule has 0 radical (unpaired) electrons. The number of carbonyl (C=O) groups is 2. The minimum Gasteiger partial charge on any atom is -0.355 e. The average Bonchev–Trinajstić information content (AvgIpc) is 3.27. The number of aromatic nitrogens is 2. The van der Waals surface area contributed by atoms with Crippen LogP contribution in [0.4, 0.5) is 20.2 Å². The van der Waals surface area contributed by atoms with Crippen LogP contribution >= 0.6 is 11.8 Å². The number of halogens is 2. The number of alkyl halides is 2. The van der Waals surface area contributed by atoms with Crippen molar-refractivity contribution < 1.29 is 18.4 Å². The van der Waals surface area contributed by atoms with Crippen molar-refractivity contribution in [1.82, 2.24) is 20.0 Å². The molecule has 1 aromatic heterocycles. The second kappa shape index (κ2) is 10.7. The van der Waals surface area contributed by atoms with E-state index >= 15 is 0 Å². The van der Waals surface area contributed by atoms with Gasteiger partial charge in [0.05, 0.1) is 23.0 Å². The number of rotatable bonds is 7. The fourth-order valence-electron chi connectivity index (χ4n) is 3.86. The van der Waals surface area contributed by atoms with Gasteiger partial charge in [0.2, 0.25) is 0 Å². The van der Waals surface area contributed by atoms with Crippen LogP contribution in [0.5, 0.6) is 0 Å². The maximum absolute atomic E-state index is 13.2. The van der Waals surface area contributed by atoms with Gasteiger partial charge in [0.1, 0.15) is 0 Å². The predicted octanol–water partition coefficient (Wildman–Crippen LogP) is 4.51. The third-order valence-corrected chi connectivity index (χ3v) is 6.32. The van der Waals surface area contributed by atoms with Crippen LogP contribution < -0.4 is 10.6 Å². The molecule has 0 saturated carbocycles. The minimum absolute atomic E-state index is 0.00486. The lowest BCUT2D eigenvalue weighted by Gasteiger charge is -2.32. The molecular weight excluding hydrogens is 460 g/mol. The first-order chi connectivity index (χ1) is 16.4. The molecule has 0 spiro atoms. The van der Waals surface area contributed by atoms with Gasteiger partial charge >= 0.3 is 0 Å². The molecule has 7 nitrogen and oxygen atoms in total. The number of para-hydroxylation sites is 1. The number of nitrogens with one attached hydrogen (secondary N) is 2. The Bertz CT molecular complexity index is 1140. The molecule has 0 bridgehead atoms. The number of aryl methyl sites for hydroxylation is 1. The van der Waals surface area contributed by atoms with Crippen LogP contribution in [0, 0.1) is 0 Å². The highest BCUT2D eigenvalue weighted by molar-refractivity contribution is 7.99. The Kier molecular flexibility index (Phi) is 7.46. The molecule has 2 heterocycles. The fraction of sp³-hybridized carbons (Fsp3) is 0.292. The topological polar surface area (TPSA) is 79.3 Å². The summed E-state index contributed by atoms with van der Waals surface area (Å²) in [6.07, 6.45) is 4.53. The van der Waals surface area contributed by atoms with Gasteiger partial charge in [-0.25, -0.2) is 0 Å². The van der Waals surface area contributed by atoms with Crippen molar-refractivity contribution >= 4 is 35.0 Å². The highest BCUT2D eigenvalue weighted by Crippen LogP contribution is 2.28. The molecule has 3 aromatic rings. The highest BCUT2D eigenvalue weighted by atomic mass is 32.2. The van der Waals surface area contributed by atoms with E-state index in [9.17, 15) is 18.4 Å². The molecule has 4 rings (SSSR count). The van der Waals surface area contributed by atoms with Crippen LogP contribution in [-0.2, 0) is 7.05 Å². The van der Waals surface area contributed by atoms with Gasteiger partial charge in [-0.3, -0.25) is 14.3 Å². The van der Waals surface area contributed by atoms with Gasteiger partial charge in [-0.15, -0.1) is 0 Å². The zero-order chi connectivity index (χ0) is 24.1. The van der Waals surface area contributed by atoms with Gasteiger partial charge < -0.3 is 15.5 Å². The van der Waals surface area contributed by atoms with E-state index < -0.39 is 5.76 Å². The fourth-order valence-corrected chi connectivity index (χ4v) is 4.36. The average molecular weight is 486 g/mol. The Morgan fingerprint density at radius 2 is 1.79 bits per heavy atom. The van der Waals surface area contributed by atoms with Gasteiger partial charge in [-0.05, 0) is 49.2 Å². The molecule has 1 aliphatic rings. The summed E-state index contributed by atoms with van der Waals surface area (Å²) in [5.74, 6) is -2.72. The van der Waals surface area contributed by atoms with Crippen molar-refractivity contribution in [3.05, 3.63) is 72.1 Å². The Labute approximate surface area is 200 Å². The number of thioether (sulfide) groups is 1. The summed E-state index contributed by atoms with van der Waals surface area (Å²) in [6, 6.07) is 13.9. The molecule has 2 amide bonds. The number of amides is 2. The molecule has 1 fully saturated rings. The van der Waals surface area contributed by atoms with Gasteiger partial charge in [-0.2, -0.15) is 13.9 Å². The molecule has 0 atom stereocenters. The number of carbonyl (C=O) groups excluding carboxylic acids is 2. The maximum atomic E-state index is 13.2. The standard InChI is InChI=1S/C24H25F2N5O2S/c1-30-15-16(14-27-30)22(32)29-18-10-12-31(13-11-18)23(33)20-4-2-3-5-21(20)28-17-6-8-19(9-7-17)34-24(25)26/h2-9,14-15,18,24,28H,10-13H2,1H3,(H,29,32). The smallest absolute Gasteiger partial charge is 0.288 e. The number of hydrogen-bond donors (Lipinski definition) is 2. The van der Waals surface area contributed by atoms with Crippen molar-refractivity contribution in [1.29, 1.82) is 0 Å². The molecule has 0 unspecified atom stereocenters. The molecule has 10 heteroatoms. The first-order valence-corrected chi connectivity index (χ1v) is 11.8. The van der Waals surface area contributed by atoms with Crippen LogP contribution in [-0.4, -0.2) is 51.4 Å². The second-order valence-corrected chi connectivity index (χ2v) is 9.08. The molecule has 1 saturated heterocycles. The summed E-state index contributed by atoms with van der Waals surface area (Å²) in [6.45, 7) is 1.06. The normalized spacial score (nSPS) is 14.3. The lowest BCUT2D eigenvalue weighted by molar-refractivity contribution is 0.0699. The molecule has 34 heavy (non-hydrogen) atoms. The summed E-state index contributed by atoms with van der Waals surface area (Å²) in [4.78, 5) is 27.9. The number of nitrogens with zero attached hydrogens (tertiary/aromatic N) is 3. The summed E-state index contributed by atoms with van der Waals surface area (Å²) >= 11 is 0.491. The first-order valence-electron chi connectivity index (χ1n) is 10.9. The van der Waals surface area contributed by atoms with Crippen LogP contribution in [0.3, 0.4) is 0 Å². The molecule has 0 aliphatic carbocycles. The monoisotopic (exact) mass is 485 g/mol. The molecule has 2 aromatic carbocycles. The zero-order valence-electron chi connectivity index (χ0n) is 18.6. The zero-order valence-corrected chi connectivity index (χ0v) is 19.4. The second-order valence-electron chi connectivity index (χ2n) is 8.02. The minimum atomic E-state index is -2.47. The summed E-state index contributed by atoms with van der Waals surface area (Å²) in [5, 5.41) is 10.3. The van der Waals surface area contributed by atoms with Gasteiger partial charge in [-0.1, -0.05) is 23.9 Å². The van der Waals surface area contributed by atoms with Crippen LogP contribution in [0.2, 0.25) is 0 Å². The summed E-state index contributed by atoms with van der Waals surface area (Å²) in [7, 11) is 1.76. The van der Waals surface area contributed by atoms with E-state index in [0.29, 0.717) is 65.1 Å². The van der Waals surface area contributed by atoms with E-state index in [-0.39, 0.29) is 17.9 Å². The molecule has 1 aliphatic heterocycles. The third-order valence-electron chi connectivity index (χ3n) is 5.60. The number of anilines is 2. The number of benzene rings is 2. The first kappa shape index (κ1) is 23.7. The number of hydrogen-bond acceptors (Lipinski definition) is 5. The van der Waals surface area contributed by atoms with Crippen molar-refractivity contribution in [3.8, 4) is 0 Å². The Hall–Kier alpha value is -3.40. The van der Waals surface area contributed by atoms with E-state index in [1.807, 2.05) is 18.2 Å². The maximum Gasteiger partial charge on any atom is 0.288 e. The quantitative estimate of drug-likeness (QED) is 0.482. The number of likely N-dealkylation sites (tertiary alicyclic amines) is 1. The van der Waals surface area contributed by atoms with E-state index in [1.54, 1.807) is 53.2 Å². The summed E-state index contributed by atoms with van der Waals surface area (Å²) in [5.41, 5.74) is 2.40.